The summed E-state index contributed by atoms with van der Waals surface area (Å²) >= 11 is 1.17. The molecule has 2 N–H and O–H groups in total. The van der Waals surface area contributed by atoms with E-state index in [4.69, 9.17) is 9.84 Å². The number of nitrogens with zero attached hydrogens (tertiary/aromatic N) is 1. The number of ether oxygens (including phenoxy) is 1. The third kappa shape index (κ3) is 2.51. The van der Waals surface area contributed by atoms with E-state index < -0.39 is 5.97 Å². The average molecular weight is 242 g/mol. The van der Waals surface area contributed by atoms with Crippen LogP contribution >= 0.6 is 11.3 Å². The zero-order valence-electron chi connectivity index (χ0n) is 9.02. The molecule has 6 heteroatoms. The summed E-state index contributed by atoms with van der Waals surface area (Å²) in [5.41, 5.74) is 0.562. The molecule has 1 fully saturated rings. The lowest BCUT2D eigenvalue weighted by Crippen LogP contribution is -2.18. The molecule has 2 rings (SSSR count). The quantitative estimate of drug-likeness (QED) is 0.841. The molecule has 0 bridgehead atoms. The smallest absolute Gasteiger partial charge is 0.347 e. The highest BCUT2D eigenvalue weighted by molar-refractivity contribution is 7.17. The van der Waals surface area contributed by atoms with Crippen LogP contribution in [0.2, 0.25) is 0 Å². The number of hydrogen-bond acceptors (Lipinski definition) is 5. The van der Waals surface area contributed by atoms with E-state index in [0.717, 1.165) is 19.4 Å². The maximum atomic E-state index is 10.8. The molecule has 88 valence electrons. The standard InChI is InChI=1S/C10H14N2O3S/c1-6-8(9(13)14)16-10(12-6)11-5-7-3-2-4-15-7/h7H,2-5H2,1H3,(H,11,12)(H,13,14)/t7-/m1/s1. The summed E-state index contributed by atoms with van der Waals surface area (Å²) in [6.07, 6.45) is 2.39. The van der Waals surface area contributed by atoms with Gasteiger partial charge in [-0.3, -0.25) is 0 Å². The predicted octanol–water partition coefficient (Wildman–Crippen LogP) is 1.74. The van der Waals surface area contributed by atoms with Gasteiger partial charge in [-0.05, 0) is 19.8 Å². The fourth-order valence-electron chi connectivity index (χ4n) is 1.68. The zero-order chi connectivity index (χ0) is 11.5. The van der Waals surface area contributed by atoms with Crippen molar-refractivity contribution in [3.05, 3.63) is 10.6 Å². The van der Waals surface area contributed by atoms with Gasteiger partial charge in [-0.2, -0.15) is 0 Å². The van der Waals surface area contributed by atoms with E-state index in [1.807, 2.05) is 0 Å². The number of rotatable bonds is 4. The highest BCUT2D eigenvalue weighted by atomic mass is 32.1. The summed E-state index contributed by atoms with van der Waals surface area (Å²) in [7, 11) is 0. The second-order valence-corrected chi connectivity index (χ2v) is 4.75. The van der Waals surface area contributed by atoms with E-state index in [1.165, 1.54) is 11.3 Å². The second-order valence-electron chi connectivity index (χ2n) is 3.75. The van der Waals surface area contributed by atoms with Crippen LogP contribution in [0.25, 0.3) is 0 Å². The van der Waals surface area contributed by atoms with Gasteiger partial charge in [0, 0.05) is 13.2 Å². The Kier molecular flexibility index (Phi) is 3.40. The Morgan fingerprint density at radius 3 is 3.12 bits per heavy atom. The van der Waals surface area contributed by atoms with E-state index in [0.29, 0.717) is 22.2 Å². The van der Waals surface area contributed by atoms with Gasteiger partial charge in [-0.1, -0.05) is 11.3 Å². The third-order valence-corrected chi connectivity index (χ3v) is 3.60. The number of aromatic nitrogens is 1. The Bertz CT molecular complexity index is 385. The van der Waals surface area contributed by atoms with Crippen LogP contribution in [0.3, 0.4) is 0 Å². The van der Waals surface area contributed by atoms with Crippen molar-refractivity contribution < 1.29 is 14.6 Å². The normalized spacial score (nSPS) is 19.9. The van der Waals surface area contributed by atoms with Crippen molar-refractivity contribution in [2.45, 2.75) is 25.9 Å². The lowest BCUT2D eigenvalue weighted by molar-refractivity contribution is 0.0701. The average Bonchev–Trinajstić information content (AvgIpc) is 2.83. The van der Waals surface area contributed by atoms with Gasteiger partial charge in [-0.25, -0.2) is 9.78 Å². The van der Waals surface area contributed by atoms with Crippen LogP contribution in [0.1, 0.15) is 28.2 Å². The molecular weight excluding hydrogens is 228 g/mol. The van der Waals surface area contributed by atoms with Gasteiger partial charge in [0.2, 0.25) is 0 Å². The van der Waals surface area contributed by atoms with Gasteiger partial charge >= 0.3 is 5.97 Å². The maximum Gasteiger partial charge on any atom is 0.347 e. The van der Waals surface area contributed by atoms with Gasteiger partial charge in [0.05, 0.1) is 11.8 Å². The summed E-state index contributed by atoms with van der Waals surface area (Å²) in [4.78, 5) is 15.3. The molecule has 0 radical (unpaired) electrons. The van der Waals surface area contributed by atoms with E-state index in [-0.39, 0.29) is 6.10 Å². The van der Waals surface area contributed by atoms with Crippen LogP contribution < -0.4 is 5.32 Å². The number of nitrogens with one attached hydrogen (secondary N) is 1. The Balaban J connectivity index is 1.94. The molecular formula is C10H14N2O3S. The molecule has 0 amide bonds. The molecule has 0 aliphatic carbocycles. The van der Waals surface area contributed by atoms with Gasteiger partial charge in [-0.15, -0.1) is 0 Å². The van der Waals surface area contributed by atoms with E-state index >= 15 is 0 Å². The summed E-state index contributed by atoms with van der Waals surface area (Å²) in [6.45, 7) is 3.23. The maximum absolute atomic E-state index is 10.8. The van der Waals surface area contributed by atoms with Gasteiger partial charge in [0.25, 0.3) is 0 Å². The van der Waals surface area contributed by atoms with E-state index in [1.54, 1.807) is 6.92 Å². The van der Waals surface area contributed by atoms with Crippen LogP contribution in [-0.4, -0.2) is 35.3 Å². The van der Waals surface area contributed by atoms with Crippen molar-refractivity contribution in [1.82, 2.24) is 4.98 Å². The summed E-state index contributed by atoms with van der Waals surface area (Å²) < 4.78 is 5.46. The van der Waals surface area contributed by atoms with Gasteiger partial charge < -0.3 is 15.2 Å². The van der Waals surface area contributed by atoms with Crippen LogP contribution in [0.4, 0.5) is 5.13 Å². The summed E-state index contributed by atoms with van der Waals surface area (Å²) in [6, 6.07) is 0. The Hall–Kier alpha value is -1.14. The molecule has 1 atom stereocenters. The molecule has 16 heavy (non-hydrogen) atoms. The largest absolute Gasteiger partial charge is 0.477 e. The molecule has 2 heterocycles. The van der Waals surface area contributed by atoms with Crippen LogP contribution in [-0.2, 0) is 4.74 Å². The van der Waals surface area contributed by atoms with E-state index in [9.17, 15) is 4.79 Å². The number of carboxylic acid groups (broad SMARTS) is 1. The zero-order valence-corrected chi connectivity index (χ0v) is 9.84. The third-order valence-electron chi connectivity index (χ3n) is 2.50. The van der Waals surface area contributed by atoms with Crippen molar-refractivity contribution in [1.29, 1.82) is 0 Å². The molecule has 1 aliphatic rings. The van der Waals surface area contributed by atoms with Crippen LogP contribution in [0.15, 0.2) is 0 Å². The number of thiazole rings is 1. The van der Waals surface area contributed by atoms with Crippen LogP contribution in [0.5, 0.6) is 0 Å². The fourth-order valence-corrected chi connectivity index (χ4v) is 2.49. The minimum Gasteiger partial charge on any atom is -0.477 e. The number of anilines is 1. The van der Waals surface area contributed by atoms with Gasteiger partial charge in [0.15, 0.2) is 5.13 Å². The molecule has 1 aromatic rings. The highest BCUT2D eigenvalue weighted by Gasteiger charge is 2.17. The first-order chi connectivity index (χ1) is 7.66. The molecule has 1 aromatic heterocycles. The number of carboxylic acids is 1. The SMILES string of the molecule is Cc1nc(NC[C@H]2CCCO2)sc1C(=O)O. The summed E-state index contributed by atoms with van der Waals surface area (Å²) in [5, 5.41) is 12.7. The number of hydrogen-bond donors (Lipinski definition) is 2. The monoisotopic (exact) mass is 242 g/mol. The minimum absolute atomic E-state index is 0.234. The molecule has 0 aromatic carbocycles. The second kappa shape index (κ2) is 4.80. The first-order valence-electron chi connectivity index (χ1n) is 5.23. The van der Waals surface area contributed by atoms with Crippen molar-refractivity contribution >= 4 is 22.4 Å². The molecule has 0 unspecified atom stereocenters. The van der Waals surface area contributed by atoms with Crippen LogP contribution in [0, 0.1) is 6.92 Å². The molecule has 0 spiro atoms. The predicted molar refractivity (Wildman–Crippen MR) is 61.3 cm³/mol. The van der Waals surface area contributed by atoms with Gasteiger partial charge in [0.1, 0.15) is 4.88 Å². The fraction of sp³-hybridized carbons (Fsp3) is 0.600. The Labute approximate surface area is 97.5 Å². The van der Waals surface area contributed by atoms with E-state index in [2.05, 4.69) is 10.3 Å². The first kappa shape index (κ1) is 11.3. The highest BCUT2D eigenvalue weighted by Crippen LogP contribution is 2.23. The lowest BCUT2D eigenvalue weighted by atomic mass is 10.2. The topological polar surface area (TPSA) is 71.5 Å². The first-order valence-corrected chi connectivity index (χ1v) is 6.04. The number of carbonyl (C=O) groups is 1. The molecule has 5 nitrogen and oxygen atoms in total. The lowest BCUT2D eigenvalue weighted by Gasteiger charge is -2.08. The molecule has 1 saturated heterocycles. The number of aryl methyl sites for hydroxylation is 1. The summed E-state index contributed by atoms with van der Waals surface area (Å²) in [5.74, 6) is -0.917. The molecule has 0 saturated carbocycles. The number of aromatic carboxylic acids is 1. The Morgan fingerprint density at radius 2 is 2.56 bits per heavy atom. The van der Waals surface area contributed by atoms with Crippen molar-refractivity contribution in [2.75, 3.05) is 18.5 Å². The molecule has 1 aliphatic heterocycles. The van der Waals surface area contributed by atoms with Crippen molar-refractivity contribution in [2.24, 2.45) is 0 Å². The minimum atomic E-state index is -0.917. The Morgan fingerprint density at radius 1 is 1.75 bits per heavy atom. The van der Waals surface area contributed by atoms with Crippen molar-refractivity contribution in [3.63, 3.8) is 0 Å². The van der Waals surface area contributed by atoms with Crippen molar-refractivity contribution in [3.8, 4) is 0 Å².